The van der Waals surface area contributed by atoms with Gasteiger partial charge in [0.1, 0.15) is 11.5 Å². The quantitative estimate of drug-likeness (QED) is 0.819. The zero-order chi connectivity index (χ0) is 13.1. The first-order chi connectivity index (χ1) is 8.59. The second-order valence-corrected chi connectivity index (χ2v) is 4.87. The van der Waals surface area contributed by atoms with Gasteiger partial charge >= 0.3 is 0 Å². The Morgan fingerprint density at radius 1 is 1.50 bits per heavy atom. The number of carbonyl (C=O) groups excluding carboxylic acids is 2. The molecular weight excluding hydrogens is 228 g/mol. The van der Waals surface area contributed by atoms with Gasteiger partial charge in [0.2, 0.25) is 0 Å². The number of likely N-dealkylation sites (tertiary alicyclic amines) is 1. The fourth-order valence-corrected chi connectivity index (χ4v) is 2.49. The number of aromatic nitrogens is 1. The van der Waals surface area contributed by atoms with Crippen molar-refractivity contribution in [2.75, 3.05) is 6.54 Å². The van der Waals surface area contributed by atoms with Crippen LogP contribution in [0.3, 0.4) is 0 Å². The average molecular weight is 246 g/mol. The van der Waals surface area contributed by atoms with Crippen molar-refractivity contribution in [3.8, 4) is 0 Å². The lowest BCUT2D eigenvalue weighted by atomic mass is 10.1. The van der Waals surface area contributed by atoms with Crippen molar-refractivity contribution in [1.29, 1.82) is 0 Å². The standard InChI is InChI=1S/C14H18N2O2/c1-10-5-3-7-15-13(10)14(18)16-8-4-6-12(16)9-11(2)17/h3,5,7,12H,4,6,8-9H2,1-2H3. The number of Topliss-reactive ketones (excluding diaryl/α,β-unsaturated/α-hetero) is 1. The number of aryl methyl sites for hydroxylation is 1. The maximum absolute atomic E-state index is 12.4. The SMILES string of the molecule is CC(=O)CC1CCCN1C(=O)c1ncccc1C. The summed E-state index contributed by atoms with van der Waals surface area (Å²) in [6, 6.07) is 3.76. The van der Waals surface area contributed by atoms with Crippen molar-refractivity contribution < 1.29 is 9.59 Å². The number of hydrogen-bond acceptors (Lipinski definition) is 3. The number of ketones is 1. The molecule has 2 heterocycles. The third-order valence-corrected chi connectivity index (χ3v) is 3.37. The summed E-state index contributed by atoms with van der Waals surface area (Å²) in [7, 11) is 0. The molecule has 1 aromatic heterocycles. The predicted octanol–water partition coefficient (Wildman–Crippen LogP) is 1.97. The van der Waals surface area contributed by atoms with Gasteiger partial charge in [-0.3, -0.25) is 14.6 Å². The highest BCUT2D eigenvalue weighted by atomic mass is 16.2. The van der Waals surface area contributed by atoms with Crippen LogP contribution in [-0.4, -0.2) is 34.2 Å². The Balaban J connectivity index is 2.18. The molecule has 4 nitrogen and oxygen atoms in total. The summed E-state index contributed by atoms with van der Waals surface area (Å²) in [6.45, 7) is 4.19. The van der Waals surface area contributed by atoms with Crippen LogP contribution in [0.15, 0.2) is 18.3 Å². The van der Waals surface area contributed by atoms with Crippen molar-refractivity contribution in [2.24, 2.45) is 0 Å². The normalized spacial score (nSPS) is 19.0. The molecule has 1 atom stereocenters. The summed E-state index contributed by atoms with van der Waals surface area (Å²) in [5.74, 6) is 0.0919. The van der Waals surface area contributed by atoms with Crippen LogP contribution in [0.1, 0.15) is 42.2 Å². The minimum atomic E-state index is -0.0446. The number of hydrogen-bond donors (Lipinski definition) is 0. The summed E-state index contributed by atoms with van der Waals surface area (Å²) < 4.78 is 0. The lowest BCUT2D eigenvalue weighted by molar-refractivity contribution is -0.117. The van der Waals surface area contributed by atoms with Gasteiger partial charge in [0.05, 0.1) is 0 Å². The second kappa shape index (κ2) is 5.29. The van der Waals surface area contributed by atoms with Crippen LogP contribution >= 0.6 is 0 Å². The fraction of sp³-hybridized carbons (Fsp3) is 0.500. The molecule has 1 aliphatic heterocycles. The van der Waals surface area contributed by atoms with Gasteiger partial charge in [-0.15, -0.1) is 0 Å². The van der Waals surface area contributed by atoms with E-state index < -0.39 is 0 Å². The van der Waals surface area contributed by atoms with Gasteiger partial charge < -0.3 is 4.90 Å². The lowest BCUT2D eigenvalue weighted by Gasteiger charge is -2.24. The molecule has 1 amide bonds. The van der Waals surface area contributed by atoms with E-state index in [1.165, 1.54) is 0 Å². The van der Waals surface area contributed by atoms with Crippen molar-refractivity contribution in [3.05, 3.63) is 29.6 Å². The van der Waals surface area contributed by atoms with E-state index in [2.05, 4.69) is 4.98 Å². The van der Waals surface area contributed by atoms with E-state index >= 15 is 0 Å². The highest BCUT2D eigenvalue weighted by Crippen LogP contribution is 2.23. The number of rotatable bonds is 3. The Labute approximate surface area is 107 Å². The largest absolute Gasteiger partial charge is 0.334 e. The van der Waals surface area contributed by atoms with Crippen LogP contribution in [0.4, 0.5) is 0 Å². The van der Waals surface area contributed by atoms with Crippen molar-refractivity contribution in [2.45, 2.75) is 39.2 Å². The first kappa shape index (κ1) is 12.7. The molecule has 96 valence electrons. The number of pyridine rings is 1. The van der Waals surface area contributed by atoms with E-state index in [0.717, 1.165) is 24.9 Å². The van der Waals surface area contributed by atoms with Gasteiger partial charge in [-0.25, -0.2) is 0 Å². The topological polar surface area (TPSA) is 50.3 Å². The van der Waals surface area contributed by atoms with Crippen LogP contribution in [0, 0.1) is 6.92 Å². The molecule has 0 saturated carbocycles. The van der Waals surface area contributed by atoms with Crippen LogP contribution < -0.4 is 0 Å². The Morgan fingerprint density at radius 2 is 2.28 bits per heavy atom. The molecule has 4 heteroatoms. The summed E-state index contributed by atoms with van der Waals surface area (Å²) in [5, 5.41) is 0. The van der Waals surface area contributed by atoms with E-state index in [-0.39, 0.29) is 17.7 Å². The van der Waals surface area contributed by atoms with Crippen LogP contribution in [0.5, 0.6) is 0 Å². The van der Waals surface area contributed by atoms with E-state index in [1.54, 1.807) is 18.0 Å². The molecule has 0 aromatic carbocycles. The van der Waals surface area contributed by atoms with E-state index in [9.17, 15) is 9.59 Å². The molecule has 1 saturated heterocycles. The molecule has 1 fully saturated rings. The van der Waals surface area contributed by atoms with Gasteiger partial charge in [0, 0.05) is 25.2 Å². The van der Waals surface area contributed by atoms with Gasteiger partial charge in [-0.1, -0.05) is 6.07 Å². The zero-order valence-electron chi connectivity index (χ0n) is 10.8. The number of nitrogens with zero attached hydrogens (tertiary/aromatic N) is 2. The van der Waals surface area contributed by atoms with Gasteiger partial charge in [0.25, 0.3) is 5.91 Å². The summed E-state index contributed by atoms with van der Waals surface area (Å²) in [4.78, 5) is 29.6. The Morgan fingerprint density at radius 3 is 2.94 bits per heavy atom. The van der Waals surface area contributed by atoms with Crippen molar-refractivity contribution in [1.82, 2.24) is 9.88 Å². The number of carbonyl (C=O) groups is 2. The predicted molar refractivity (Wildman–Crippen MR) is 68.3 cm³/mol. The highest BCUT2D eigenvalue weighted by molar-refractivity contribution is 5.94. The first-order valence-electron chi connectivity index (χ1n) is 6.31. The van der Waals surface area contributed by atoms with Gasteiger partial charge in [0.15, 0.2) is 0 Å². The molecule has 18 heavy (non-hydrogen) atoms. The van der Waals surface area contributed by atoms with Crippen molar-refractivity contribution >= 4 is 11.7 Å². The molecule has 0 spiro atoms. The molecule has 0 radical (unpaired) electrons. The molecule has 2 rings (SSSR count). The van der Waals surface area contributed by atoms with E-state index in [4.69, 9.17) is 0 Å². The van der Waals surface area contributed by atoms with Crippen LogP contribution in [0.25, 0.3) is 0 Å². The van der Waals surface area contributed by atoms with E-state index in [0.29, 0.717) is 12.1 Å². The van der Waals surface area contributed by atoms with Crippen LogP contribution in [-0.2, 0) is 4.79 Å². The smallest absolute Gasteiger partial charge is 0.272 e. The monoisotopic (exact) mass is 246 g/mol. The summed E-state index contributed by atoms with van der Waals surface area (Å²) >= 11 is 0. The third-order valence-electron chi connectivity index (χ3n) is 3.37. The molecule has 0 N–H and O–H groups in total. The van der Waals surface area contributed by atoms with Gasteiger partial charge in [-0.2, -0.15) is 0 Å². The maximum Gasteiger partial charge on any atom is 0.272 e. The molecular formula is C14H18N2O2. The summed E-state index contributed by atoms with van der Waals surface area (Å²) in [6.07, 6.45) is 3.97. The fourth-order valence-electron chi connectivity index (χ4n) is 2.49. The highest BCUT2D eigenvalue weighted by Gasteiger charge is 2.31. The Kier molecular flexibility index (Phi) is 3.75. The molecule has 1 aromatic rings. The van der Waals surface area contributed by atoms with Crippen LogP contribution in [0.2, 0.25) is 0 Å². The van der Waals surface area contributed by atoms with E-state index in [1.807, 2.05) is 19.1 Å². The molecule has 1 aliphatic rings. The zero-order valence-corrected chi connectivity index (χ0v) is 10.8. The molecule has 1 unspecified atom stereocenters. The summed E-state index contributed by atoms with van der Waals surface area (Å²) in [5.41, 5.74) is 1.39. The second-order valence-electron chi connectivity index (χ2n) is 4.87. The molecule has 0 bridgehead atoms. The lowest BCUT2D eigenvalue weighted by Crippen LogP contribution is -2.37. The average Bonchev–Trinajstić information content (AvgIpc) is 2.76. The minimum absolute atomic E-state index is 0.0446. The van der Waals surface area contributed by atoms with Gasteiger partial charge in [-0.05, 0) is 38.3 Å². The third kappa shape index (κ3) is 2.58. The first-order valence-corrected chi connectivity index (χ1v) is 6.31. The molecule has 0 aliphatic carbocycles. The number of amides is 1. The maximum atomic E-state index is 12.4. The Hall–Kier alpha value is -1.71. The minimum Gasteiger partial charge on any atom is -0.334 e. The van der Waals surface area contributed by atoms with Crippen molar-refractivity contribution in [3.63, 3.8) is 0 Å². The Bertz CT molecular complexity index is 471.